The normalized spacial score (nSPS) is 12.4. The van der Waals surface area contributed by atoms with E-state index in [0.717, 1.165) is 27.8 Å². The molecule has 0 fully saturated rings. The predicted molar refractivity (Wildman–Crippen MR) is 77.3 cm³/mol. The van der Waals surface area contributed by atoms with Crippen molar-refractivity contribution in [2.45, 2.75) is 26.3 Å². The van der Waals surface area contributed by atoms with Crippen LogP contribution in [0.25, 0.3) is 11.4 Å². The maximum atomic E-state index is 5.75. The van der Waals surface area contributed by atoms with Crippen molar-refractivity contribution in [2.75, 3.05) is 0 Å². The number of aryl methyl sites for hydroxylation is 1. The number of nitrogens with two attached hydrogens (primary N) is 1. The van der Waals surface area contributed by atoms with Gasteiger partial charge >= 0.3 is 0 Å². The molecule has 0 spiro atoms. The van der Waals surface area contributed by atoms with Gasteiger partial charge in [-0.3, -0.25) is 0 Å². The highest BCUT2D eigenvalue weighted by molar-refractivity contribution is 9.10. The Kier molecular flexibility index (Phi) is 4.09. The van der Waals surface area contributed by atoms with Crippen molar-refractivity contribution in [3.63, 3.8) is 0 Å². The van der Waals surface area contributed by atoms with Crippen LogP contribution >= 0.6 is 15.9 Å². The average molecular weight is 306 g/mol. The zero-order valence-electron chi connectivity index (χ0n) is 10.5. The molecule has 0 bridgehead atoms. The SMILES string of the molecule is Cc1ccc(-c2ncc(CC(C)N)cn2)cc1Br. The van der Waals surface area contributed by atoms with Crippen molar-refractivity contribution in [1.29, 1.82) is 0 Å². The van der Waals surface area contributed by atoms with Gasteiger partial charge in [-0.2, -0.15) is 0 Å². The molecule has 1 aromatic carbocycles. The standard InChI is InChI=1S/C14H16BrN3/c1-9-3-4-12(6-13(9)15)14-17-7-11(8-18-14)5-10(2)16/h3-4,6-8,10H,5,16H2,1-2H3. The highest BCUT2D eigenvalue weighted by Gasteiger charge is 2.04. The first-order chi connectivity index (χ1) is 8.56. The minimum atomic E-state index is 0.132. The first-order valence-corrected chi connectivity index (χ1v) is 6.68. The Morgan fingerprint density at radius 1 is 1.28 bits per heavy atom. The van der Waals surface area contributed by atoms with Gasteiger partial charge in [-0.05, 0) is 37.5 Å². The van der Waals surface area contributed by atoms with E-state index < -0.39 is 0 Å². The van der Waals surface area contributed by atoms with Crippen molar-refractivity contribution < 1.29 is 0 Å². The van der Waals surface area contributed by atoms with E-state index in [4.69, 9.17) is 5.73 Å². The van der Waals surface area contributed by atoms with Crippen molar-refractivity contribution in [3.05, 3.63) is 46.2 Å². The van der Waals surface area contributed by atoms with Crippen LogP contribution in [0.15, 0.2) is 35.1 Å². The lowest BCUT2D eigenvalue weighted by Gasteiger charge is -2.06. The van der Waals surface area contributed by atoms with Crippen LogP contribution in [-0.4, -0.2) is 16.0 Å². The van der Waals surface area contributed by atoms with Crippen molar-refractivity contribution in [3.8, 4) is 11.4 Å². The lowest BCUT2D eigenvalue weighted by Crippen LogP contribution is -2.18. The van der Waals surface area contributed by atoms with Crippen LogP contribution in [0.2, 0.25) is 0 Å². The van der Waals surface area contributed by atoms with Crippen molar-refractivity contribution >= 4 is 15.9 Å². The quantitative estimate of drug-likeness (QED) is 0.948. The summed E-state index contributed by atoms with van der Waals surface area (Å²) in [5.74, 6) is 0.740. The Morgan fingerprint density at radius 3 is 2.50 bits per heavy atom. The van der Waals surface area contributed by atoms with Crippen molar-refractivity contribution in [1.82, 2.24) is 9.97 Å². The molecule has 2 N–H and O–H groups in total. The molecule has 0 saturated heterocycles. The summed E-state index contributed by atoms with van der Waals surface area (Å²) in [6.45, 7) is 4.03. The molecule has 0 radical (unpaired) electrons. The molecule has 0 aliphatic carbocycles. The fraction of sp³-hybridized carbons (Fsp3) is 0.286. The van der Waals surface area contributed by atoms with Crippen LogP contribution in [0.4, 0.5) is 0 Å². The van der Waals surface area contributed by atoms with Gasteiger partial charge in [0.1, 0.15) is 0 Å². The van der Waals surface area contributed by atoms with Gasteiger partial charge in [0.25, 0.3) is 0 Å². The van der Waals surface area contributed by atoms with Gasteiger partial charge in [0, 0.05) is 28.5 Å². The lowest BCUT2D eigenvalue weighted by atomic mass is 10.1. The third-order valence-corrected chi connectivity index (χ3v) is 3.55. The van der Waals surface area contributed by atoms with Gasteiger partial charge in [0.15, 0.2) is 5.82 Å². The second-order valence-corrected chi connectivity index (χ2v) is 5.41. The topological polar surface area (TPSA) is 51.8 Å². The monoisotopic (exact) mass is 305 g/mol. The number of benzene rings is 1. The fourth-order valence-corrected chi connectivity index (χ4v) is 2.09. The molecule has 0 aliphatic heterocycles. The number of nitrogens with zero attached hydrogens (tertiary/aromatic N) is 2. The van der Waals surface area contributed by atoms with E-state index in [2.05, 4.69) is 38.9 Å². The Balaban J connectivity index is 2.25. The molecule has 1 aromatic heterocycles. The van der Waals surface area contributed by atoms with Gasteiger partial charge in [-0.1, -0.05) is 28.1 Å². The number of halogens is 1. The summed E-state index contributed by atoms with van der Waals surface area (Å²) in [6.07, 6.45) is 4.50. The highest BCUT2D eigenvalue weighted by atomic mass is 79.9. The van der Waals surface area contributed by atoms with E-state index in [1.165, 1.54) is 5.56 Å². The Labute approximate surface area is 116 Å². The van der Waals surface area contributed by atoms with Crippen LogP contribution in [-0.2, 0) is 6.42 Å². The van der Waals surface area contributed by atoms with Gasteiger partial charge < -0.3 is 5.73 Å². The molecule has 2 aromatic rings. The Hall–Kier alpha value is -1.26. The smallest absolute Gasteiger partial charge is 0.159 e. The summed E-state index contributed by atoms with van der Waals surface area (Å²) >= 11 is 3.52. The Morgan fingerprint density at radius 2 is 1.94 bits per heavy atom. The van der Waals surface area contributed by atoms with Crippen LogP contribution in [0, 0.1) is 6.92 Å². The third kappa shape index (κ3) is 3.15. The summed E-state index contributed by atoms with van der Waals surface area (Å²) in [6, 6.07) is 6.25. The molecule has 18 heavy (non-hydrogen) atoms. The second-order valence-electron chi connectivity index (χ2n) is 4.56. The molecule has 1 atom stereocenters. The summed E-state index contributed by atoms with van der Waals surface area (Å²) in [4.78, 5) is 8.77. The summed E-state index contributed by atoms with van der Waals surface area (Å²) in [5.41, 5.74) is 9.03. The van der Waals surface area contributed by atoms with Crippen LogP contribution in [0.1, 0.15) is 18.1 Å². The van der Waals surface area contributed by atoms with E-state index in [-0.39, 0.29) is 6.04 Å². The fourth-order valence-electron chi connectivity index (χ4n) is 1.71. The molecule has 0 saturated carbocycles. The summed E-state index contributed by atoms with van der Waals surface area (Å²) < 4.78 is 1.07. The molecular weight excluding hydrogens is 290 g/mol. The maximum absolute atomic E-state index is 5.75. The summed E-state index contributed by atoms with van der Waals surface area (Å²) in [5, 5.41) is 0. The van der Waals surface area contributed by atoms with Gasteiger partial charge in [-0.15, -0.1) is 0 Å². The number of hydrogen-bond acceptors (Lipinski definition) is 3. The maximum Gasteiger partial charge on any atom is 0.159 e. The minimum absolute atomic E-state index is 0.132. The van der Waals surface area contributed by atoms with Crippen LogP contribution < -0.4 is 5.73 Å². The molecular formula is C14H16BrN3. The van der Waals surface area contributed by atoms with E-state index in [9.17, 15) is 0 Å². The van der Waals surface area contributed by atoms with Crippen molar-refractivity contribution in [2.24, 2.45) is 5.73 Å². The van der Waals surface area contributed by atoms with Gasteiger partial charge in [0.05, 0.1) is 0 Å². The van der Waals surface area contributed by atoms with Gasteiger partial charge in [0.2, 0.25) is 0 Å². The second kappa shape index (κ2) is 5.59. The van der Waals surface area contributed by atoms with E-state index >= 15 is 0 Å². The number of aromatic nitrogens is 2. The zero-order chi connectivity index (χ0) is 13.1. The highest BCUT2D eigenvalue weighted by Crippen LogP contribution is 2.23. The van der Waals surface area contributed by atoms with E-state index in [1.807, 2.05) is 31.5 Å². The zero-order valence-corrected chi connectivity index (χ0v) is 12.1. The first-order valence-electron chi connectivity index (χ1n) is 5.89. The molecule has 1 heterocycles. The number of hydrogen-bond donors (Lipinski definition) is 1. The van der Waals surface area contributed by atoms with Crippen LogP contribution in [0.5, 0.6) is 0 Å². The molecule has 1 unspecified atom stereocenters. The molecule has 4 heteroatoms. The van der Waals surface area contributed by atoms with E-state index in [1.54, 1.807) is 0 Å². The largest absolute Gasteiger partial charge is 0.328 e. The molecule has 94 valence electrons. The molecule has 0 aliphatic rings. The third-order valence-electron chi connectivity index (χ3n) is 2.69. The van der Waals surface area contributed by atoms with Crippen LogP contribution in [0.3, 0.4) is 0 Å². The van der Waals surface area contributed by atoms with Gasteiger partial charge in [-0.25, -0.2) is 9.97 Å². The molecule has 0 amide bonds. The first kappa shape index (κ1) is 13.2. The summed E-state index contributed by atoms with van der Waals surface area (Å²) in [7, 11) is 0. The molecule has 3 nitrogen and oxygen atoms in total. The van der Waals surface area contributed by atoms with E-state index in [0.29, 0.717) is 0 Å². The minimum Gasteiger partial charge on any atom is -0.328 e. The predicted octanol–water partition coefficient (Wildman–Crippen LogP) is 3.10. The number of rotatable bonds is 3. The molecule has 2 rings (SSSR count). The lowest BCUT2D eigenvalue weighted by molar-refractivity contribution is 0.732. The average Bonchev–Trinajstić information content (AvgIpc) is 2.33. The Bertz CT molecular complexity index is 535.